The van der Waals surface area contributed by atoms with Gasteiger partial charge < -0.3 is 0 Å². The Labute approximate surface area is 125 Å². The molecule has 0 heterocycles. The summed E-state index contributed by atoms with van der Waals surface area (Å²) in [7, 11) is 0. The first-order chi connectivity index (χ1) is 10.2. The predicted molar refractivity (Wildman–Crippen MR) is 88.2 cm³/mol. The molecule has 0 aliphatic heterocycles. The Hall–Kier alpha value is -1.56. The lowest BCUT2D eigenvalue weighted by molar-refractivity contribution is 0.506. The van der Waals surface area contributed by atoms with Crippen LogP contribution in [0.25, 0.3) is 0 Å². The van der Waals surface area contributed by atoms with Crippen LogP contribution < -0.4 is 0 Å². The summed E-state index contributed by atoms with van der Waals surface area (Å²) in [5.41, 5.74) is 2.82. The van der Waals surface area contributed by atoms with Crippen molar-refractivity contribution in [1.82, 2.24) is 0 Å². The normalized spacial score (nSPS) is 14.6. The Balaban J connectivity index is 2.09. The van der Waals surface area contributed by atoms with Gasteiger partial charge in [-0.25, -0.2) is 0 Å². The van der Waals surface area contributed by atoms with Gasteiger partial charge in [0.1, 0.15) is 0 Å². The molecule has 0 nitrogen and oxygen atoms in total. The second-order valence-electron chi connectivity index (χ2n) is 5.72. The Bertz CT molecular complexity index is 515. The first-order valence-electron chi connectivity index (χ1n) is 8.32. The number of benzene rings is 2. The zero-order chi connectivity index (χ0) is 15.1. The monoisotopic (exact) mass is 268 g/mol. The van der Waals surface area contributed by atoms with Gasteiger partial charge in [-0.3, -0.25) is 0 Å². The molecule has 2 aromatic carbocycles. The Morgan fingerprint density at radius 3 is 2.25 bits per heavy atom. The smallest absolute Gasteiger partial charge is 0.0623 e. The topological polar surface area (TPSA) is 0 Å². The Morgan fingerprint density at radius 1 is 0.950 bits per heavy atom. The molecular weight excluding hydrogens is 240 g/mol. The molecular formula is C20H26. The van der Waals surface area contributed by atoms with Crippen LogP contribution in [0.1, 0.15) is 63.9 Å². The highest BCUT2D eigenvalue weighted by molar-refractivity contribution is 5.23. The van der Waals surface area contributed by atoms with E-state index in [1.165, 1.54) is 36.8 Å². The van der Waals surface area contributed by atoms with E-state index in [-0.39, 0.29) is 0 Å². The molecule has 2 atom stereocenters. The maximum Gasteiger partial charge on any atom is 0.0623 e. The van der Waals surface area contributed by atoms with Crippen molar-refractivity contribution in [2.75, 3.05) is 0 Å². The van der Waals surface area contributed by atoms with Gasteiger partial charge in [0.05, 0.1) is 1.37 Å². The molecule has 0 radical (unpaired) electrons. The average molecular weight is 268 g/mol. The molecule has 0 bridgehead atoms. The minimum atomic E-state index is 0.535. The third-order valence-corrected chi connectivity index (χ3v) is 4.13. The molecule has 0 N–H and O–H groups in total. The van der Waals surface area contributed by atoms with Gasteiger partial charge in [0.2, 0.25) is 0 Å². The van der Waals surface area contributed by atoms with Crippen LogP contribution >= 0.6 is 0 Å². The van der Waals surface area contributed by atoms with Crippen molar-refractivity contribution in [2.24, 2.45) is 0 Å². The lowest BCUT2D eigenvalue weighted by Crippen LogP contribution is -2.04. The summed E-state index contributed by atoms with van der Waals surface area (Å²) < 4.78 is 7.60. The van der Waals surface area contributed by atoms with Gasteiger partial charge in [-0.2, -0.15) is 0 Å². The van der Waals surface area contributed by atoms with Gasteiger partial charge in [0, 0.05) is 0 Å². The molecule has 0 aliphatic carbocycles. The molecule has 0 spiro atoms. The van der Waals surface area contributed by atoms with Crippen LogP contribution in [0.3, 0.4) is 0 Å². The van der Waals surface area contributed by atoms with E-state index in [1.54, 1.807) is 0 Å². The molecule has 0 aromatic heterocycles. The summed E-state index contributed by atoms with van der Waals surface area (Å²) in [4.78, 5) is 0. The lowest BCUT2D eigenvalue weighted by Gasteiger charge is -2.22. The summed E-state index contributed by atoms with van der Waals surface area (Å²) in [6.45, 7) is 4.57. The van der Waals surface area contributed by atoms with Gasteiger partial charge in [-0.05, 0) is 35.8 Å². The van der Waals surface area contributed by atoms with Crippen molar-refractivity contribution >= 4 is 0 Å². The quantitative estimate of drug-likeness (QED) is 0.564. The molecule has 0 aliphatic rings. The minimum Gasteiger partial charge on any atom is -0.0654 e. The minimum absolute atomic E-state index is 0.535. The van der Waals surface area contributed by atoms with Gasteiger partial charge >= 0.3 is 0 Å². The molecule has 2 unspecified atom stereocenters. The largest absolute Gasteiger partial charge is 0.0654 e. The highest BCUT2D eigenvalue weighted by Gasteiger charge is 2.15. The van der Waals surface area contributed by atoms with E-state index in [0.717, 1.165) is 0 Å². The zero-order valence-electron chi connectivity index (χ0n) is 13.7. The van der Waals surface area contributed by atoms with Crippen molar-refractivity contribution in [3.8, 4) is 0 Å². The van der Waals surface area contributed by atoms with E-state index in [1.807, 2.05) is 12.1 Å². The highest BCUT2D eigenvalue weighted by atomic mass is 14.2. The van der Waals surface area contributed by atoms with Gasteiger partial charge in [0.15, 0.2) is 0 Å². The summed E-state index contributed by atoms with van der Waals surface area (Å²) in [5, 5.41) is 0. The molecule has 0 saturated heterocycles. The molecule has 106 valence electrons. The molecule has 20 heavy (non-hydrogen) atoms. The van der Waals surface area contributed by atoms with Crippen molar-refractivity contribution in [1.29, 1.82) is 0 Å². The first-order valence-corrected chi connectivity index (χ1v) is 7.82. The van der Waals surface area contributed by atoms with Gasteiger partial charge in [-0.15, -0.1) is 0 Å². The van der Waals surface area contributed by atoms with Crippen LogP contribution in [0.2, 0.25) is 0 Å². The lowest BCUT2D eigenvalue weighted by atomic mass is 9.83. The van der Waals surface area contributed by atoms with E-state index < -0.39 is 0 Å². The van der Waals surface area contributed by atoms with E-state index in [9.17, 15) is 0 Å². The fourth-order valence-corrected chi connectivity index (χ4v) is 2.89. The van der Waals surface area contributed by atoms with E-state index >= 15 is 0 Å². The summed E-state index contributed by atoms with van der Waals surface area (Å²) in [6.07, 6.45) is 4.99. The zero-order valence-corrected chi connectivity index (χ0v) is 12.7. The van der Waals surface area contributed by atoms with Crippen molar-refractivity contribution < 1.29 is 1.37 Å². The van der Waals surface area contributed by atoms with Crippen LogP contribution in [0.4, 0.5) is 0 Å². The number of unbranched alkanes of at least 4 members (excludes halogenated alkanes) is 1. The summed E-state index contributed by atoms with van der Waals surface area (Å²) >= 11 is 0. The number of hydrogen-bond acceptors (Lipinski definition) is 0. The van der Waals surface area contributed by atoms with Crippen LogP contribution in [0.15, 0.2) is 60.6 Å². The molecule has 0 fully saturated rings. The second kappa shape index (κ2) is 7.89. The van der Waals surface area contributed by atoms with Crippen molar-refractivity contribution in [3.63, 3.8) is 0 Å². The third kappa shape index (κ3) is 4.23. The SMILES string of the molecule is [3H]c1ccc(C(C)CC(CCCC)c2ccccc2)cc1. The average Bonchev–Trinajstić information content (AvgIpc) is 2.52. The second-order valence-corrected chi connectivity index (χ2v) is 5.72. The maximum absolute atomic E-state index is 7.60. The van der Waals surface area contributed by atoms with Gasteiger partial charge in [0.25, 0.3) is 0 Å². The number of rotatable bonds is 7. The fraction of sp³-hybridized carbons (Fsp3) is 0.400. The van der Waals surface area contributed by atoms with Crippen LogP contribution in [-0.2, 0) is 0 Å². The van der Waals surface area contributed by atoms with E-state index in [4.69, 9.17) is 1.37 Å². The number of hydrogen-bond donors (Lipinski definition) is 0. The van der Waals surface area contributed by atoms with Crippen LogP contribution in [-0.4, -0.2) is 0 Å². The van der Waals surface area contributed by atoms with Crippen LogP contribution in [0.5, 0.6) is 0 Å². The third-order valence-electron chi connectivity index (χ3n) is 4.13. The van der Waals surface area contributed by atoms with Crippen molar-refractivity contribution in [3.05, 3.63) is 71.8 Å². The van der Waals surface area contributed by atoms with Crippen LogP contribution in [0, 0.1) is 0 Å². The summed E-state index contributed by atoms with van der Waals surface area (Å²) in [6, 6.07) is 19.5. The maximum atomic E-state index is 7.60. The van der Waals surface area contributed by atoms with Crippen molar-refractivity contribution in [2.45, 2.75) is 51.4 Å². The standard InChI is InChI=1S/C20H26/c1-3-4-11-20(19-14-9-6-10-15-19)16-17(2)18-12-7-5-8-13-18/h5-10,12-15,17,20H,3-4,11,16H2,1-2H3/i5T. The van der Waals surface area contributed by atoms with E-state index in [2.05, 4.69) is 56.3 Å². The van der Waals surface area contributed by atoms with Gasteiger partial charge in [-0.1, -0.05) is 87.3 Å². The first kappa shape index (κ1) is 13.4. The highest BCUT2D eigenvalue weighted by Crippen LogP contribution is 2.33. The fourth-order valence-electron chi connectivity index (χ4n) is 2.89. The molecule has 0 amide bonds. The Kier molecular flexibility index (Phi) is 5.30. The molecule has 0 heteroatoms. The molecule has 2 aromatic rings. The Morgan fingerprint density at radius 2 is 1.60 bits per heavy atom. The summed E-state index contributed by atoms with van der Waals surface area (Å²) in [5.74, 6) is 1.17. The molecule has 0 saturated carbocycles. The van der Waals surface area contributed by atoms with E-state index in [0.29, 0.717) is 17.9 Å². The molecule has 2 rings (SSSR count). The predicted octanol–water partition coefficient (Wildman–Crippen LogP) is 6.15.